The highest BCUT2D eigenvalue weighted by Crippen LogP contribution is 2.29. The third-order valence-electron chi connectivity index (χ3n) is 7.48. The molecule has 0 saturated heterocycles. The van der Waals surface area contributed by atoms with Crippen LogP contribution < -0.4 is 5.32 Å². The lowest BCUT2D eigenvalue weighted by molar-refractivity contribution is 0.0940. The van der Waals surface area contributed by atoms with Crippen LogP contribution in [0, 0.1) is 32.1 Å². The van der Waals surface area contributed by atoms with E-state index >= 15 is 0 Å². The normalized spacial score (nSPS) is 11.8. The van der Waals surface area contributed by atoms with E-state index in [0.717, 1.165) is 34.1 Å². The van der Waals surface area contributed by atoms with E-state index in [4.69, 9.17) is 0 Å². The van der Waals surface area contributed by atoms with Gasteiger partial charge >= 0.3 is 0 Å². The zero-order valence-electron chi connectivity index (χ0n) is 22.2. The molecule has 38 heavy (non-hydrogen) atoms. The number of rotatable bonds is 6. The number of nitrogens with one attached hydrogen (secondary N) is 1. The van der Waals surface area contributed by atoms with Crippen LogP contribution in [0.4, 0.5) is 0 Å². The van der Waals surface area contributed by atoms with Crippen molar-refractivity contribution in [1.82, 2.24) is 9.88 Å². The molecule has 0 aliphatic heterocycles. The van der Waals surface area contributed by atoms with Crippen LogP contribution in [0.3, 0.4) is 0 Å². The van der Waals surface area contributed by atoms with Crippen molar-refractivity contribution in [3.8, 4) is 17.2 Å². The van der Waals surface area contributed by atoms with E-state index in [-0.39, 0.29) is 11.9 Å². The van der Waals surface area contributed by atoms with E-state index < -0.39 is 0 Å². The summed E-state index contributed by atoms with van der Waals surface area (Å²) >= 11 is 0. The topological polar surface area (TPSA) is 57.8 Å². The fraction of sp³-hybridized carbons (Fsp3) is 0.176. The molecule has 1 unspecified atom stereocenters. The molecule has 5 rings (SSSR count). The number of hydrogen-bond acceptors (Lipinski definition) is 2. The summed E-state index contributed by atoms with van der Waals surface area (Å²) in [6, 6.07) is 32.5. The smallest absolute Gasteiger partial charge is 0.251 e. The summed E-state index contributed by atoms with van der Waals surface area (Å²) in [4.78, 5) is 13.1. The second-order valence-corrected chi connectivity index (χ2v) is 9.99. The van der Waals surface area contributed by atoms with E-state index in [2.05, 4.69) is 91.3 Å². The molecule has 4 heteroatoms. The number of nitriles is 1. The molecule has 1 aromatic heterocycles. The largest absolute Gasteiger partial charge is 0.346 e. The van der Waals surface area contributed by atoms with Gasteiger partial charge < -0.3 is 9.88 Å². The van der Waals surface area contributed by atoms with Gasteiger partial charge in [0.05, 0.1) is 17.7 Å². The van der Waals surface area contributed by atoms with Gasteiger partial charge in [-0.1, -0.05) is 72.3 Å². The molecule has 0 saturated carbocycles. The Bertz CT molecular complexity index is 1670. The van der Waals surface area contributed by atoms with Crippen LogP contribution >= 0.6 is 0 Å². The number of hydrogen-bond donors (Lipinski definition) is 1. The minimum absolute atomic E-state index is 0.0713. The molecule has 1 heterocycles. The molecule has 0 aliphatic rings. The Morgan fingerprint density at radius 2 is 1.63 bits per heavy atom. The number of benzene rings is 4. The molecule has 5 aromatic rings. The van der Waals surface area contributed by atoms with Crippen LogP contribution in [0.1, 0.15) is 56.8 Å². The maximum absolute atomic E-state index is 13.1. The number of aryl methyl sites for hydroxylation is 2. The van der Waals surface area contributed by atoms with E-state index in [1.807, 2.05) is 43.3 Å². The average molecular weight is 498 g/mol. The number of aromatic nitrogens is 1. The molecule has 0 spiro atoms. The number of fused-ring (bicyclic) bond motifs is 1. The summed E-state index contributed by atoms with van der Waals surface area (Å²) in [6.45, 7) is 9.05. The Kier molecular flexibility index (Phi) is 6.85. The van der Waals surface area contributed by atoms with Crippen LogP contribution in [-0.4, -0.2) is 10.5 Å². The zero-order chi connectivity index (χ0) is 26.8. The van der Waals surface area contributed by atoms with Gasteiger partial charge in [0.15, 0.2) is 0 Å². The van der Waals surface area contributed by atoms with Gasteiger partial charge in [-0.15, -0.1) is 0 Å². The summed E-state index contributed by atoms with van der Waals surface area (Å²) in [5, 5.41) is 13.7. The standard InChI is InChI=1S/C34H31N3O/c1-22-9-13-27(14-10-22)24(3)36-34(38)29-17-18-33-32(19-29)23(2)25(4)37(33)21-26-11-15-28(16-12-26)31-8-6-5-7-30(31)20-35/h5-19,24H,21H2,1-4H3,(H,36,38). The number of amides is 1. The second kappa shape index (κ2) is 10.4. The lowest BCUT2D eigenvalue weighted by atomic mass is 9.99. The quantitative estimate of drug-likeness (QED) is 0.262. The molecule has 0 radical (unpaired) electrons. The highest BCUT2D eigenvalue weighted by atomic mass is 16.1. The molecular weight excluding hydrogens is 466 g/mol. The summed E-state index contributed by atoms with van der Waals surface area (Å²) in [5.41, 5.74) is 10.3. The van der Waals surface area contributed by atoms with E-state index in [0.29, 0.717) is 11.1 Å². The van der Waals surface area contributed by atoms with Gasteiger partial charge in [-0.05, 0) is 79.8 Å². The molecule has 188 valence electrons. The molecule has 4 nitrogen and oxygen atoms in total. The maximum atomic E-state index is 13.1. The van der Waals surface area contributed by atoms with Crippen LogP contribution in [0.5, 0.6) is 0 Å². The van der Waals surface area contributed by atoms with Crippen molar-refractivity contribution in [2.45, 2.75) is 40.3 Å². The summed E-state index contributed by atoms with van der Waals surface area (Å²) in [7, 11) is 0. The van der Waals surface area contributed by atoms with E-state index in [1.165, 1.54) is 22.4 Å². The van der Waals surface area contributed by atoms with Crippen molar-refractivity contribution in [1.29, 1.82) is 5.26 Å². The summed E-state index contributed by atoms with van der Waals surface area (Å²) < 4.78 is 2.31. The lowest BCUT2D eigenvalue weighted by Crippen LogP contribution is -2.26. The van der Waals surface area contributed by atoms with Gasteiger partial charge in [-0.2, -0.15) is 5.26 Å². The van der Waals surface area contributed by atoms with Gasteiger partial charge in [0, 0.05) is 28.7 Å². The fourth-order valence-electron chi connectivity index (χ4n) is 5.02. The van der Waals surface area contributed by atoms with Gasteiger partial charge in [0.25, 0.3) is 5.91 Å². The van der Waals surface area contributed by atoms with Gasteiger partial charge in [-0.3, -0.25) is 4.79 Å². The first-order valence-electron chi connectivity index (χ1n) is 12.9. The molecule has 4 aromatic carbocycles. The molecule has 1 N–H and O–H groups in total. The van der Waals surface area contributed by atoms with Crippen LogP contribution in [0.25, 0.3) is 22.0 Å². The van der Waals surface area contributed by atoms with Crippen molar-refractivity contribution in [2.24, 2.45) is 0 Å². The molecule has 0 aliphatic carbocycles. The van der Waals surface area contributed by atoms with Crippen molar-refractivity contribution >= 4 is 16.8 Å². The Morgan fingerprint density at radius 1 is 0.921 bits per heavy atom. The fourth-order valence-corrected chi connectivity index (χ4v) is 5.02. The van der Waals surface area contributed by atoms with Crippen molar-refractivity contribution < 1.29 is 4.79 Å². The van der Waals surface area contributed by atoms with Crippen molar-refractivity contribution in [2.75, 3.05) is 0 Å². The monoisotopic (exact) mass is 497 g/mol. The third kappa shape index (κ3) is 4.84. The third-order valence-corrected chi connectivity index (χ3v) is 7.48. The van der Waals surface area contributed by atoms with Gasteiger partial charge in [0.2, 0.25) is 0 Å². The minimum Gasteiger partial charge on any atom is -0.346 e. The SMILES string of the molecule is Cc1ccc(C(C)NC(=O)c2ccc3c(c2)c(C)c(C)n3Cc2ccc(-c3ccccc3C#N)cc2)cc1. The minimum atomic E-state index is -0.0747. The Hall–Kier alpha value is -4.62. The first kappa shape index (κ1) is 25.0. The average Bonchev–Trinajstić information content (AvgIpc) is 3.18. The molecule has 1 amide bonds. The number of carbonyl (C=O) groups excluding carboxylic acids is 1. The van der Waals surface area contributed by atoms with Crippen LogP contribution in [0.2, 0.25) is 0 Å². The maximum Gasteiger partial charge on any atom is 0.251 e. The predicted molar refractivity (Wildman–Crippen MR) is 154 cm³/mol. The molecule has 1 atom stereocenters. The number of nitrogens with zero attached hydrogens (tertiary/aromatic N) is 2. The zero-order valence-corrected chi connectivity index (χ0v) is 22.2. The molecular formula is C34H31N3O. The van der Waals surface area contributed by atoms with E-state index in [9.17, 15) is 10.1 Å². The van der Waals surface area contributed by atoms with Crippen LogP contribution in [-0.2, 0) is 6.54 Å². The first-order chi connectivity index (χ1) is 18.4. The van der Waals surface area contributed by atoms with E-state index in [1.54, 1.807) is 0 Å². The summed E-state index contributed by atoms with van der Waals surface area (Å²) in [6.07, 6.45) is 0. The van der Waals surface area contributed by atoms with Gasteiger partial charge in [-0.25, -0.2) is 0 Å². The first-order valence-corrected chi connectivity index (χ1v) is 12.9. The Labute approximate surface area is 224 Å². The lowest BCUT2D eigenvalue weighted by Gasteiger charge is -2.15. The van der Waals surface area contributed by atoms with Crippen molar-refractivity contribution in [3.05, 3.63) is 130 Å². The number of carbonyl (C=O) groups is 1. The highest BCUT2D eigenvalue weighted by molar-refractivity contribution is 5.99. The predicted octanol–water partition coefficient (Wildman–Crippen LogP) is 7.64. The Morgan fingerprint density at radius 3 is 2.34 bits per heavy atom. The second-order valence-electron chi connectivity index (χ2n) is 9.99. The highest BCUT2D eigenvalue weighted by Gasteiger charge is 2.16. The van der Waals surface area contributed by atoms with Gasteiger partial charge in [0.1, 0.15) is 0 Å². The summed E-state index contributed by atoms with van der Waals surface area (Å²) in [5.74, 6) is -0.0713. The molecule has 0 fully saturated rings. The Balaban J connectivity index is 1.38. The molecule has 0 bridgehead atoms. The van der Waals surface area contributed by atoms with Crippen LogP contribution in [0.15, 0.2) is 91.0 Å². The van der Waals surface area contributed by atoms with Crippen molar-refractivity contribution in [3.63, 3.8) is 0 Å².